The number of anilines is 1. The molecule has 4 nitrogen and oxygen atoms in total. The van der Waals surface area contributed by atoms with Crippen LogP contribution >= 0.6 is 0 Å². The number of hydrogen-bond donors (Lipinski definition) is 0. The minimum Gasteiger partial charge on any atom is -0.276 e. The quantitative estimate of drug-likeness (QED) is 0.489. The molecule has 0 aliphatic heterocycles. The summed E-state index contributed by atoms with van der Waals surface area (Å²) in [4.78, 5) is 19.2. The highest BCUT2D eigenvalue weighted by atomic mass is 16.7. The molecule has 0 bridgehead atoms. The molecule has 0 saturated heterocycles. The molecule has 1 radical (unpaired) electrons. The Kier molecular flexibility index (Phi) is 3.22. The van der Waals surface area contributed by atoms with E-state index in [9.17, 15) is 4.79 Å². The lowest BCUT2D eigenvalue weighted by atomic mass is 10.4. The summed E-state index contributed by atoms with van der Waals surface area (Å²) in [5.74, 6) is 0. The molecule has 1 aromatic rings. The number of hydrogen-bond acceptors (Lipinski definition) is 3. The molecule has 4 heteroatoms. The lowest BCUT2D eigenvalue weighted by Crippen LogP contribution is -2.21. The number of nitrogens with zero attached hydrogens (tertiary/aromatic N) is 2. The number of rotatable bonds is 4. The third-order valence-corrected chi connectivity index (χ3v) is 1.21. The summed E-state index contributed by atoms with van der Waals surface area (Å²) in [6.07, 6.45) is 3.64. The number of hydroxylamine groups is 1. The van der Waals surface area contributed by atoms with Gasteiger partial charge in [-0.25, -0.2) is 0 Å². The van der Waals surface area contributed by atoms with Crippen molar-refractivity contribution in [2.24, 2.45) is 0 Å². The van der Waals surface area contributed by atoms with Crippen molar-refractivity contribution in [3.8, 4) is 0 Å². The summed E-state index contributed by atoms with van der Waals surface area (Å²) in [5, 5.41) is 1.11. The number of carbonyl (C=O) groups excluding carboxylic acids is 1. The number of carbonyl (C=O) groups is 1. The topological polar surface area (TPSA) is 42.4 Å². The van der Waals surface area contributed by atoms with Crippen LogP contribution in [-0.2, 0) is 9.63 Å². The Bertz CT molecular complexity index is 238. The minimum atomic E-state index is 0.439. The molecule has 1 rings (SSSR count). The first-order chi connectivity index (χ1) is 5.88. The fourth-order valence-electron chi connectivity index (χ4n) is 0.741. The van der Waals surface area contributed by atoms with E-state index >= 15 is 0 Å². The first-order valence-electron chi connectivity index (χ1n) is 3.57. The van der Waals surface area contributed by atoms with E-state index in [2.05, 4.69) is 11.1 Å². The van der Waals surface area contributed by atoms with Crippen molar-refractivity contribution in [2.75, 3.05) is 11.7 Å². The van der Waals surface area contributed by atoms with E-state index in [1.807, 2.05) is 0 Å². The molecular formula is C8H9N2O2. The Morgan fingerprint density at radius 1 is 1.83 bits per heavy atom. The maximum Gasteiger partial charge on any atom is 0.238 e. The summed E-state index contributed by atoms with van der Waals surface area (Å²) >= 11 is 0. The lowest BCUT2D eigenvalue weighted by molar-refractivity contribution is -0.113. The monoisotopic (exact) mass is 165 g/mol. The van der Waals surface area contributed by atoms with Gasteiger partial charge in [0.25, 0.3) is 0 Å². The van der Waals surface area contributed by atoms with E-state index in [0.29, 0.717) is 18.7 Å². The first kappa shape index (κ1) is 8.67. The van der Waals surface area contributed by atoms with Gasteiger partial charge in [0.15, 0.2) is 0 Å². The van der Waals surface area contributed by atoms with Gasteiger partial charge in [-0.15, -0.1) is 0 Å². The van der Waals surface area contributed by atoms with Gasteiger partial charge in [-0.2, -0.15) is 5.06 Å². The van der Waals surface area contributed by atoms with Crippen LogP contribution in [0.3, 0.4) is 0 Å². The zero-order valence-corrected chi connectivity index (χ0v) is 6.73. The van der Waals surface area contributed by atoms with Gasteiger partial charge in [-0.05, 0) is 13.0 Å². The van der Waals surface area contributed by atoms with Crippen molar-refractivity contribution in [1.82, 2.24) is 4.98 Å². The third-order valence-electron chi connectivity index (χ3n) is 1.21. The van der Waals surface area contributed by atoms with E-state index in [1.165, 1.54) is 6.20 Å². The second kappa shape index (κ2) is 4.46. The van der Waals surface area contributed by atoms with Gasteiger partial charge in [0.1, 0.15) is 0 Å². The predicted octanol–water partition coefficient (Wildman–Crippen LogP) is 0.796. The van der Waals surface area contributed by atoms with Gasteiger partial charge in [-0.1, -0.05) is 0 Å². The molecule has 0 unspecified atom stereocenters. The highest BCUT2D eigenvalue weighted by Gasteiger charge is 2.02. The zero-order valence-electron chi connectivity index (χ0n) is 6.73. The van der Waals surface area contributed by atoms with Crippen molar-refractivity contribution in [1.29, 1.82) is 0 Å². The maximum absolute atomic E-state index is 10.5. The molecule has 0 aromatic carbocycles. The van der Waals surface area contributed by atoms with Crippen LogP contribution in [0.15, 0.2) is 18.5 Å². The first-order valence-corrected chi connectivity index (χ1v) is 3.57. The highest BCUT2D eigenvalue weighted by Crippen LogP contribution is 2.08. The lowest BCUT2D eigenvalue weighted by Gasteiger charge is -2.14. The number of amides is 1. The number of aromatic nitrogens is 1. The molecule has 1 aromatic heterocycles. The largest absolute Gasteiger partial charge is 0.276 e. The minimum absolute atomic E-state index is 0.439. The van der Waals surface area contributed by atoms with Crippen LogP contribution in [0, 0.1) is 6.07 Å². The molecule has 1 heterocycles. The van der Waals surface area contributed by atoms with Crippen molar-refractivity contribution >= 4 is 12.1 Å². The van der Waals surface area contributed by atoms with Crippen LogP contribution in [-0.4, -0.2) is 18.0 Å². The van der Waals surface area contributed by atoms with Crippen LogP contribution in [0.1, 0.15) is 6.92 Å². The molecule has 0 aliphatic rings. The summed E-state index contributed by atoms with van der Waals surface area (Å²) in [6.45, 7) is 2.24. The van der Waals surface area contributed by atoms with Gasteiger partial charge in [0.2, 0.25) is 6.41 Å². The van der Waals surface area contributed by atoms with Crippen molar-refractivity contribution in [3.63, 3.8) is 0 Å². The average Bonchev–Trinajstić information content (AvgIpc) is 2.15. The van der Waals surface area contributed by atoms with Crippen LogP contribution in [0.25, 0.3) is 0 Å². The van der Waals surface area contributed by atoms with Gasteiger partial charge >= 0.3 is 0 Å². The molecule has 0 fully saturated rings. The Labute approximate surface area is 70.7 Å². The van der Waals surface area contributed by atoms with E-state index in [-0.39, 0.29) is 0 Å². The van der Waals surface area contributed by atoms with Crippen LogP contribution in [0.5, 0.6) is 0 Å². The second-order valence-electron chi connectivity index (χ2n) is 1.97. The Morgan fingerprint density at radius 3 is 3.17 bits per heavy atom. The SMILES string of the molecule is CCON(C=O)c1[c]cncc1. The van der Waals surface area contributed by atoms with Gasteiger partial charge in [-0.3, -0.25) is 14.6 Å². The standard InChI is InChI=1S/C8H9N2O2/c1-2-12-10(7-11)8-3-5-9-6-4-8/h3,5-7H,2H2,1H3. The molecule has 0 N–H and O–H groups in total. The maximum atomic E-state index is 10.5. The third kappa shape index (κ3) is 2.03. The van der Waals surface area contributed by atoms with E-state index in [4.69, 9.17) is 4.84 Å². The van der Waals surface area contributed by atoms with Gasteiger partial charge in [0, 0.05) is 18.5 Å². The molecule has 0 atom stereocenters. The van der Waals surface area contributed by atoms with Crippen LogP contribution < -0.4 is 5.06 Å². The molecular weight excluding hydrogens is 156 g/mol. The van der Waals surface area contributed by atoms with Crippen molar-refractivity contribution in [3.05, 3.63) is 24.5 Å². The van der Waals surface area contributed by atoms with E-state index in [1.54, 1.807) is 19.2 Å². The second-order valence-corrected chi connectivity index (χ2v) is 1.97. The summed E-state index contributed by atoms with van der Waals surface area (Å²) in [7, 11) is 0. The summed E-state index contributed by atoms with van der Waals surface area (Å²) in [6, 6.07) is 4.41. The summed E-state index contributed by atoms with van der Waals surface area (Å²) in [5.41, 5.74) is 0.557. The molecule has 1 amide bonds. The van der Waals surface area contributed by atoms with E-state index < -0.39 is 0 Å². The zero-order chi connectivity index (χ0) is 8.81. The Morgan fingerprint density at radius 2 is 2.67 bits per heavy atom. The van der Waals surface area contributed by atoms with Crippen LogP contribution in [0.2, 0.25) is 0 Å². The summed E-state index contributed by atoms with van der Waals surface area (Å²) < 4.78 is 0. The molecule has 12 heavy (non-hydrogen) atoms. The molecule has 0 saturated carbocycles. The normalized spacial score (nSPS) is 9.42. The van der Waals surface area contributed by atoms with Gasteiger partial charge in [0.05, 0.1) is 12.3 Å². The van der Waals surface area contributed by atoms with Gasteiger partial charge < -0.3 is 0 Å². The Hall–Kier alpha value is -1.42. The average molecular weight is 165 g/mol. The van der Waals surface area contributed by atoms with E-state index in [0.717, 1.165) is 5.06 Å². The van der Waals surface area contributed by atoms with Crippen LogP contribution in [0.4, 0.5) is 5.69 Å². The highest BCUT2D eigenvalue weighted by molar-refractivity contribution is 5.71. The predicted molar refractivity (Wildman–Crippen MR) is 43.2 cm³/mol. The molecule has 0 aliphatic carbocycles. The van der Waals surface area contributed by atoms with Crippen molar-refractivity contribution < 1.29 is 9.63 Å². The fraction of sp³-hybridized carbons (Fsp3) is 0.250. The Balaban J connectivity index is 2.73. The van der Waals surface area contributed by atoms with Crippen molar-refractivity contribution in [2.45, 2.75) is 6.92 Å². The number of pyridine rings is 1. The molecule has 0 spiro atoms. The fourth-order valence-corrected chi connectivity index (χ4v) is 0.741. The molecule has 63 valence electrons. The smallest absolute Gasteiger partial charge is 0.238 e.